The number of aromatic nitrogens is 1. The van der Waals surface area contributed by atoms with E-state index >= 15 is 0 Å². The topological polar surface area (TPSA) is 63.6 Å². The highest BCUT2D eigenvalue weighted by molar-refractivity contribution is 6.33. The van der Waals surface area contributed by atoms with Gasteiger partial charge in [-0.3, -0.25) is 0 Å². The van der Waals surface area contributed by atoms with Crippen LogP contribution in [0, 0.1) is 17.5 Å². The second-order valence-electron chi connectivity index (χ2n) is 6.06. The molecule has 28 heavy (non-hydrogen) atoms. The summed E-state index contributed by atoms with van der Waals surface area (Å²) in [6, 6.07) is 5.91. The molecule has 1 aromatic carbocycles. The molecule has 0 saturated heterocycles. The molecule has 1 aliphatic rings. The number of pyridine rings is 1. The Labute approximate surface area is 163 Å². The Morgan fingerprint density at radius 1 is 1.21 bits per heavy atom. The van der Waals surface area contributed by atoms with Gasteiger partial charge in [0, 0.05) is 6.07 Å². The Balaban J connectivity index is 2.19. The van der Waals surface area contributed by atoms with Crippen LogP contribution in [-0.2, 0) is 15.1 Å². The van der Waals surface area contributed by atoms with E-state index in [1.54, 1.807) is 13.8 Å². The van der Waals surface area contributed by atoms with Gasteiger partial charge in [-0.25, -0.2) is 27.9 Å². The molecule has 1 aliphatic heterocycles. The maximum Gasteiger partial charge on any atom is 0.339 e. The fraction of sp³-hybridized carbons (Fsp3) is 0.211. The van der Waals surface area contributed by atoms with Gasteiger partial charge in [-0.1, -0.05) is 23.7 Å². The van der Waals surface area contributed by atoms with E-state index in [1.807, 2.05) is 0 Å². The van der Waals surface area contributed by atoms with Crippen molar-refractivity contribution in [1.29, 1.82) is 0 Å². The quantitative estimate of drug-likeness (QED) is 0.616. The number of hydrogen-bond donors (Lipinski definition) is 1. The average molecular weight is 410 g/mol. The first kappa shape index (κ1) is 19.9. The predicted octanol–water partition coefficient (Wildman–Crippen LogP) is 3.78. The lowest BCUT2D eigenvalue weighted by Gasteiger charge is -2.33. The van der Waals surface area contributed by atoms with E-state index in [2.05, 4.69) is 15.3 Å². The van der Waals surface area contributed by atoms with Crippen LogP contribution in [0.2, 0.25) is 0 Å². The van der Waals surface area contributed by atoms with Gasteiger partial charge >= 0.3 is 5.97 Å². The minimum atomic E-state index is -1.43. The second kappa shape index (κ2) is 7.63. The third-order valence-corrected chi connectivity index (χ3v) is 4.47. The standard InChI is InChI=1S/C19H15ClF3N3O2/c1-3-28-18(27)14-16(20)25-17(15-13(23)8-12(22)9-24-15)26-19(14,2)10-4-6-11(21)7-5-10/h4-9H,3H2,1-2H3,(H,25,26). The Kier molecular flexibility index (Phi) is 5.42. The number of nitrogens with zero attached hydrogens (tertiary/aromatic N) is 2. The van der Waals surface area contributed by atoms with E-state index < -0.39 is 29.0 Å². The fourth-order valence-electron chi connectivity index (χ4n) is 2.86. The zero-order chi connectivity index (χ0) is 20.5. The van der Waals surface area contributed by atoms with Crippen molar-refractivity contribution >= 4 is 23.4 Å². The monoisotopic (exact) mass is 409 g/mol. The van der Waals surface area contributed by atoms with Gasteiger partial charge < -0.3 is 10.1 Å². The van der Waals surface area contributed by atoms with Crippen LogP contribution in [0.3, 0.4) is 0 Å². The predicted molar refractivity (Wildman–Crippen MR) is 97.1 cm³/mol. The number of benzene rings is 1. The molecule has 2 heterocycles. The van der Waals surface area contributed by atoms with Gasteiger partial charge in [-0.05, 0) is 31.5 Å². The maximum atomic E-state index is 14.2. The van der Waals surface area contributed by atoms with Crippen LogP contribution in [0.4, 0.5) is 13.2 Å². The van der Waals surface area contributed by atoms with Gasteiger partial charge in [0.05, 0.1) is 12.8 Å². The fourth-order valence-corrected chi connectivity index (χ4v) is 3.21. The normalized spacial score (nSPS) is 19.1. The number of ether oxygens (including phenoxy) is 1. The van der Waals surface area contributed by atoms with Gasteiger partial charge in [0.1, 0.15) is 33.6 Å². The third kappa shape index (κ3) is 3.60. The van der Waals surface area contributed by atoms with Crippen LogP contribution < -0.4 is 5.32 Å². The molecular weight excluding hydrogens is 395 g/mol. The lowest BCUT2D eigenvalue weighted by atomic mass is 9.84. The highest BCUT2D eigenvalue weighted by atomic mass is 35.5. The summed E-state index contributed by atoms with van der Waals surface area (Å²) in [6.07, 6.45) is 0.830. The number of rotatable bonds is 4. The number of halogens is 4. The zero-order valence-corrected chi connectivity index (χ0v) is 15.6. The smallest absolute Gasteiger partial charge is 0.339 e. The largest absolute Gasteiger partial charge is 0.462 e. The van der Waals surface area contributed by atoms with Gasteiger partial charge in [-0.15, -0.1) is 0 Å². The van der Waals surface area contributed by atoms with E-state index in [0.717, 1.165) is 6.20 Å². The van der Waals surface area contributed by atoms with E-state index in [0.29, 0.717) is 11.6 Å². The summed E-state index contributed by atoms with van der Waals surface area (Å²) in [5.41, 5.74) is -1.33. The van der Waals surface area contributed by atoms with Crippen molar-refractivity contribution in [1.82, 2.24) is 10.3 Å². The lowest BCUT2D eigenvalue weighted by Crippen LogP contribution is -2.41. The summed E-state index contributed by atoms with van der Waals surface area (Å²) in [5, 5.41) is 2.46. The number of aliphatic imine (C=N–C) groups is 1. The van der Waals surface area contributed by atoms with Crippen molar-refractivity contribution in [2.24, 2.45) is 4.99 Å². The van der Waals surface area contributed by atoms with E-state index in [9.17, 15) is 18.0 Å². The second-order valence-corrected chi connectivity index (χ2v) is 6.44. The number of nitrogens with one attached hydrogen (secondary N) is 1. The van der Waals surface area contributed by atoms with Gasteiger partial charge in [0.2, 0.25) is 0 Å². The third-order valence-electron chi connectivity index (χ3n) is 4.19. The van der Waals surface area contributed by atoms with Crippen molar-refractivity contribution in [3.05, 3.63) is 76.0 Å². The van der Waals surface area contributed by atoms with Crippen LogP contribution in [0.5, 0.6) is 0 Å². The molecule has 146 valence electrons. The summed E-state index contributed by atoms with van der Waals surface area (Å²) in [6.45, 7) is 3.28. The van der Waals surface area contributed by atoms with Crippen LogP contribution >= 0.6 is 11.6 Å². The number of esters is 1. The highest BCUT2D eigenvalue weighted by Gasteiger charge is 2.42. The first-order valence-corrected chi connectivity index (χ1v) is 8.65. The Hall–Kier alpha value is -2.87. The molecule has 5 nitrogen and oxygen atoms in total. The first-order valence-electron chi connectivity index (χ1n) is 8.28. The number of hydrogen-bond acceptors (Lipinski definition) is 5. The summed E-state index contributed by atoms with van der Waals surface area (Å²) in [7, 11) is 0. The number of carbonyl (C=O) groups is 1. The summed E-state index contributed by atoms with van der Waals surface area (Å²) < 4.78 is 45.9. The molecule has 0 bridgehead atoms. The molecule has 1 unspecified atom stereocenters. The molecule has 9 heteroatoms. The lowest BCUT2D eigenvalue weighted by molar-refractivity contribution is -0.139. The highest BCUT2D eigenvalue weighted by Crippen LogP contribution is 2.39. The van der Waals surface area contributed by atoms with Gasteiger partial charge in [0.25, 0.3) is 0 Å². The van der Waals surface area contributed by atoms with Crippen molar-refractivity contribution in [2.45, 2.75) is 19.4 Å². The average Bonchev–Trinajstić information content (AvgIpc) is 2.61. The van der Waals surface area contributed by atoms with Gasteiger partial charge in [-0.2, -0.15) is 0 Å². The summed E-state index contributed by atoms with van der Waals surface area (Å²) in [4.78, 5) is 20.7. The zero-order valence-electron chi connectivity index (χ0n) is 14.9. The SMILES string of the molecule is CCOC(=O)C1=C(Cl)NC(c2ncc(F)cc2F)=NC1(C)c1ccc(F)cc1. The molecule has 1 aromatic heterocycles. The minimum Gasteiger partial charge on any atom is -0.462 e. The molecule has 3 rings (SSSR count). The minimum absolute atomic E-state index is 0.0334. The molecule has 1 atom stereocenters. The van der Waals surface area contributed by atoms with E-state index in [-0.39, 0.29) is 28.9 Å². The summed E-state index contributed by atoms with van der Waals surface area (Å²) in [5.74, 6) is -3.14. The van der Waals surface area contributed by atoms with Crippen molar-refractivity contribution in [2.75, 3.05) is 6.61 Å². The molecule has 1 N–H and O–H groups in total. The summed E-state index contributed by atoms with van der Waals surface area (Å²) >= 11 is 6.30. The molecule has 0 saturated carbocycles. The van der Waals surface area contributed by atoms with Crippen molar-refractivity contribution in [3.8, 4) is 0 Å². The first-order chi connectivity index (χ1) is 13.3. The number of carbonyl (C=O) groups excluding carboxylic acids is 1. The van der Waals surface area contributed by atoms with Crippen LogP contribution in [0.1, 0.15) is 25.1 Å². The maximum absolute atomic E-state index is 14.2. The number of amidine groups is 1. The molecule has 0 fully saturated rings. The molecular formula is C19H15ClF3N3O2. The van der Waals surface area contributed by atoms with E-state index in [4.69, 9.17) is 16.3 Å². The Bertz CT molecular complexity index is 992. The molecule has 0 aliphatic carbocycles. The molecule has 0 radical (unpaired) electrons. The van der Waals surface area contributed by atoms with Crippen LogP contribution in [0.25, 0.3) is 0 Å². The molecule has 0 amide bonds. The Morgan fingerprint density at radius 3 is 2.50 bits per heavy atom. The van der Waals surface area contributed by atoms with Crippen molar-refractivity contribution in [3.63, 3.8) is 0 Å². The molecule has 0 spiro atoms. The van der Waals surface area contributed by atoms with E-state index in [1.165, 1.54) is 24.3 Å². The van der Waals surface area contributed by atoms with Crippen molar-refractivity contribution < 1.29 is 22.7 Å². The Morgan fingerprint density at radius 2 is 1.89 bits per heavy atom. The van der Waals surface area contributed by atoms with Gasteiger partial charge in [0.15, 0.2) is 11.7 Å². The van der Waals surface area contributed by atoms with Crippen LogP contribution in [-0.4, -0.2) is 23.4 Å². The van der Waals surface area contributed by atoms with Crippen LogP contribution in [0.15, 0.2) is 52.3 Å². The molecule has 2 aromatic rings.